The quantitative estimate of drug-likeness (QED) is 0.0306. The summed E-state index contributed by atoms with van der Waals surface area (Å²) in [6.45, 7) is 2.61. The standard InChI is InChI=1S/C41H39P3.C6H6O4.F6P.Rh/c1-41(32-42(35-20-8-2-9-21-35)36-22-10-3-11-23-36,33-43(37-24-12-4-13-25-37)38-26-14-5-15-27-38)34-44(39-28-16-6-17-29-39)40-30-18-7-19-31-40;1-9-5(7)3-4-6(8)10-2;1-7(2,3,4,5)6;/h2-31H,32-34H2,1H3;1-2H3;;/q;;-1;. The molecule has 0 unspecified atom stereocenters. The Hall–Kier alpha value is -4.26. The average molecular weight is 1010 g/mol. The summed E-state index contributed by atoms with van der Waals surface area (Å²) in [6, 6.07) is 67.7. The number of benzene rings is 6. The Bertz CT molecular complexity index is 1970. The van der Waals surface area contributed by atoms with E-state index in [0.29, 0.717) is 0 Å². The molecule has 0 fully saturated rings. The van der Waals surface area contributed by atoms with Crippen LogP contribution < -0.4 is 31.8 Å². The van der Waals surface area contributed by atoms with Crippen LogP contribution in [0, 0.1) is 17.3 Å². The molecule has 0 saturated carbocycles. The van der Waals surface area contributed by atoms with Gasteiger partial charge in [0.25, 0.3) is 0 Å². The van der Waals surface area contributed by atoms with E-state index >= 15 is 0 Å². The van der Waals surface area contributed by atoms with E-state index in [0.717, 1.165) is 18.5 Å². The van der Waals surface area contributed by atoms with Crippen molar-refractivity contribution in [3.05, 3.63) is 182 Å². The molecule has 62 heavy (non-hydrogen) atoms. The summed E-state index contributed by atoms with van der Waals surface area (Å²) >= 11 is 0. The smallest absolute Gasteiger partial charge is 0 e. The van der Waals surface area contributed by atoms with Gasteiger partial charge in [0, 0.05) is 31.3 Å². The molecular weight excluding hydrogens is 969 g/mol. The van der Waals surface area contributed by atoms with Crippen molar-refractivity contribution in [1.82, 2.24) is 0 Å². The fourth-order valence-corrected chi connectivity index (χ4v) is 14.8. The molecule has 6 aromatic rings. The zero-order chi connectivity index (χ0) is 44.4. The van der Waals surface area contributed by atoms with E-state index in [1.807, 2.05) is 11.8 Å². The minimum absolute atomic E-state index is 0. The van der Waals surface area contributed by atoms with Crippen molar-refractivity contribution in [2.24, 2.45) is 5.41 Å². The molecule has 0 N–H and O–H groups in total. The topological polar surface area (TPSA) is 52.6 Å². The number of hydrogen-bond donors (Lipinski definition) is 0. The Morgan fingerprint density at radius 3 is 0.742 bits per heavy atom. The average Bonchev–Trinajstić information content (AvgIpc) is 3.26. The number of esters is 2. The molecule has 329 valence electrons. The Balaban J connectivity index is 0.000000481. The fraction of sp³-hybridized carbons (Fsp3) is 0.149. The minimum atomic E-state index is -10.7. The second-order valence-electron chi connectivity index (χ2n) is 13.8. The molecule has 0 aromatic heterocycles. The molecular formula is C47H45F6O4P4Rh-. The van der Waals surface area contributed by atoms with Crippen molar-refractivity contribution in [2.45, 2.75) is 6.92 Å². The second-order valence-corrected chi connectivity index (χ2v) is 22.3. The zero-order valence-corrected chi connectivity index (χ0v) is 39.2. The Labute approximate surface area is 376 Å². The van der Waals surface area contributed by atoms with Gasteiger partial charge >= 0.3 is 44.9 Å². The number of carbonyl (C=O) groups excluding carboxylic acids is 2. The van der Waals surface area contributed by atoms with Gasteiger partial charge in [-0.15, -0.1) is 0 Å². The molecule has 0 aliphatic carbocycles. The third kappa shape index (κ3) is 19.8. The Morgan fingerprint density at radius 1 is 0.435 bits per heavy atom. The van der Waals surface area contributed by atoms with Gasteiger partial charge in [-0.3, -0.25) is 0 Å². The molecule has 0 amide bonds. The normalized spacial score (nSPS) is 12.1. The van der Waals surface area contributed by atoms with E-state index < -0.39 is 43.5 Å². The van der Waals surface area contributed by atoms with Crippen LogP contribution in [-0.2, 0) is 38.5 Å². The zero-order valence-electron chi connectivity index (χ0n) is 34.0. The van der Waals surface area contributed by atoms with Crippen molar-refractivity contribution in [3.63, 3.8) is 0 Å². The van der Waals surface area contributed by atoms with Crippen molar-refractivity contribution >= 4 is 75.3 Å². The first-order valence-electron chi connectivity index (χ1n) is 18.7. The van der Waals surface area contributed by atoms with Crippen LogP contribution in [0.5, 0.6) is 0 Å². The third-order valence-electron chi connectivity index (χ3n) is 8.66. The molecule has 0 atom stereocenters. The number of methoxy groups -OCH3 is 2. The summed E-state index contributed by atoms with van der Waals surface area (Å²) < 4.78 is 67.4. The molecule has 1 radical (unpaired) electrons. The summed E-state index contributed by atoms with van der Waals surface area (Å²) in [5.74, 6) is 2.28. The first-order chi connectivity index (χ1) is 28.8. The van der Waals surface area contributed by atoms with E-state index in [2.05, 4.69) is 198 Å². The van der Waals surface area contributed by atoms with Crippen LogP contribution in [0.2, 0.25) is 0 Å². The van der Waals surface area contributed by atoms with Crippen LogP contribution in [0.15, 0.2) is 182 Å². The van der Waals surface area contributed by atoms with Crippen molar-refractivity contribution in [3.8, 4) is 11.8 Å². The van der Waals surface area contributed by atoms with Gasteiger partial charge in [0.15, 0.2) is 0 Å². The van der Waals surface area contributed by atoms with Gasteiger partial charge < -0.3 is 9.47 Å². The van der Waals surface area contributed by atoms with Gasteiger partial charge in [-0.25, -0.2) is 9.59 Å². The first kappa shape index (κ1) is 52.1. The van der Waals surface area contributed by atoms with Crippen LogP contribution in [0.25, 0.3) is 0 Å². The van der Waals surface area contributed by atoms with Gasteiger partial charge in [0.2, 0.25) is 0 Å². The number of ether oxygens (including phenoxy) is 2. The maximum atomic E-state index is 10.2. The third-order valence-corrected chi connectivity index (χ3v) is 17.4. The maximum absolute atomic E-state index is 10.7. The predicted octanol–water partition coefficient (Wildman–Crippen LogP) is 11.1. The van der Waals surface area contributed by atoms with Crippen LogP contribution in [0.1, 0.15) is 6.92 Å². The van der Waals surface area contributed by atoms with Crippen molar-refractivity contribution < 1.29 is 63.7 Å². The van der Waals surface area contributed by atoms with E-state index in [4.69, 9.17) is 0 Å². The number of carbonyl (C=O) groups is 2. The molecule has 15 heteroatoms. The van der Waals surface area contributed by atoms with E-state index in [1.165, 1.54) is 46.0 Å². The van der Waals surface area contributed by atoms with Gasteiger partial charge in [-0.05, 0) is 79.5 Å². The Kier molecular flexibility index (Phi) is 19.7. The van der Waals surface area contributed by atoms with Crippen molar-refractivity contribution in [2.75, 3.05) is 32.7 Å². The monoisotopic (exact) mass is 1010 g/mol. The largest absolute Gasteiger partial charge is 0 e. The molecule has 0 saturated heterocycles. The first-order valence-corrected chi connectivity index (χ1v) is 25.3. The Morgan fingerprint density at radius 2 is 0.597 bits per heavy atom. The molecule has 4 nitrogen and oxygen atoms in total. The van der Waals surface area contributed by atoms with Crippen LogP contribution in [-0.4, -0.2) is 44.6 Å². The summed E-state index contributed by atoms with van der Waals surface area (Å²) in [5, 5.41) is 8.79. The number of halogens is 6. The maximum Gasteiger partial charge on any atom is 0 e. The van der Waals surface area contributed by atoms with Gasteiger partial charge in [0.05, 0.1) is 14.2 Å². The van der Waals surface area contributed by atoms with Crippen LogP contribution >= 0.6 is 31.6 Å². The van der Waals surface area contributed by atoms with E-state index in [1.54, 1.807) is 0 Å². The fourth-order valence-electron chi connectivity index (χ4n) is 6.14. The van der Waals surface area contributed by atoms with E-state index in [-0.39, 0.29) is 24.9 Å². The molecule has 0 bridgehead atoms. The van der Waals surface area contributed by atoms with Gasteiger partial charge in [-0.2, -0.15) is 0 Å². The van der Waals surface area contributed by atoms with E-state index in [9.17, 15) is 34.8 Å². The SMILES string of the molecule is CC(CP(c1ccccc1)c1ccccc1)(CP(c1ccccc1)c1ccccc1)CP(c1ccccc1)c1ccccc1.COC(=O)C#CC(=O)OC.F[P-](F)(F)(F)(F)F.[Rh]. The summed E-state index contributed by atoms with van der Waals surface area (Å²) in [7, 11) is -9.97. The molecule has 0 aliphatic rings. The van der Waals surface area contributed by atoms with Gasteiger partial charge in [0.1, 0.15) is 0 Å². The van der Waals surface area contributed by atoms with Crippen molar-refractivity contribution in [1.29, 1.82) is 0 Å². The predicted molar refractivity (Wildman–Crippen MR) is 245 cm³/mol. The summed E-state index contributed by atoms with van der Waals surface area (Å²) in [4.78, 5) is 20.5. The molecule has 0 heterocycles. The van der Waals surface area contributed by atoms with Crippen LogP contribution in [0.3, 0.4) is 0 Å². The molecule has 6 rings (SSSR count). The van der Waals surface area contributed by atoms with Crippen LogP contribution in [0.4, 0.5) is 25.2 Å². The molecule has 0 aliphatic heterocycles. The minimum Gasteiger partial charge on any atom is 0 e. The summed E-state index contributed by atoms with van der Waals surface area (Å²) in [5.41, 5.74) is 0.0756. The van der Waals surface area contributed by atoms with Gasteiger partial charge in [-0.1, -0.05) is 189 Å². The molecule has 0 spiro atoms. The number of hydrogen-bond acceptors (Lipinski definition) is 4. The molecule has 6 aromatic carbocycles. The second kappa shape index (κ2) is 23.4. The number of rotatable bonds is 12. The summed E-state index contributed by atoms with van der Waals surface area (Å²) in [6.07, 6.45) is 3.44.